The van der Waals surface area contributed by atoms with Gasteiger partial charge in [0, 0.05) is 49.0 Å². The van der Waals surface area contributed by atoms with Crippen LogP contribution in [0.4, 0.5) is 0 Å². The Kier molecular flexibility index (Phi) is 15.1. The molecule has 0 spiro atoms. The fraction of sp³-hybridized carbons (Fsp3) is 0.488. The molecule has 3 aromatic rings. The number of ether oxygens (including phenoxy) is 6. The number of nitrogens with zero attached hydrogens (tertiary/aromatic N) is 2. The van der Waals surface area contributed by atoms with Gasteiger partial charge in [-0.15, -0.1) is 0 Å². The molecule has 298 valence electrons. The Morgan fingerprint density at radius 2 is 1.38 bits per heavy atom. The molecule has 1 fully saturated rings. The lowest BCUT2D eigenvalue weighted by atomic mass is 9.84. The first kappa shape index (κ1) is 41.7. The Hall–Kier alpha value is -4.46. The van der Waals surface area contributed by atoms with E-state index >= 15 is 0 Å². The highest BCUT2D eigenvalue weighted by Gasteiger charge is 2.39. The van der Waals surface area contributed by atoms with Crippen molar-refractivity contribution in [1.82, 2.24) is 0 Å². The summed E-state index contributed by atoms with van der Waals surface area (Å²) in [5.41, 5.74) is 6.08. The smallest absolute Gasteiger partial charge is 0.331 e. The maximum atomic E-state index is 12.6. The minimum absolute atomic E-state index is 0.0350. The number of aliphatic hydroxyl groups is 2. The van der Waals surface area contributed by atoms with E-state index < -0.39 is 11.9 Å². The second kappa shape index (κ2) is 19.9. The standard InChI is InChI=1S/C43H58N2O10/c1-44(18-15-34-27-35(30-46)36(31-47)28-38(34)39(44)25-33-9-12-40(51-3)41(26-33)52-4)16-5-21-54-42(48)13-14-43(49)55-22-6-17-45(19-23-53-24-20-45)29-32-7-10-37(50-2)11-8-32/h7-14,26-28,39,46-47H,5-6,15-25,29-31H2,1-4H3/q+2/b14-13-/t39-,44-/m1/s1. The number of hydrogen-bond donors (Lipinski definition) is 2. The SMILES string of the molecule is COc1ccc(C[N+]2(CCCOC(=O)/C=C\C(=O)OCCC[N@+]3(C)CCc4cc(CO)c(CO)cc4[C@H]3Cc3ccc(OC)c(OC)c3)CCOCC2)cc1. The van der Waals surface area contributed by atoms with Crippen LogP contribution >= 0.6 is 0 Å². The number of morpholine rings is 1. The van der Waals surface area contributed by atoms with Crippen molar-refractivity contribution in [2.75, 3.05) is 87.5 Å². The van der Waals surface area contributed by atoms with Crippen molar-refractivity contribution >= 4 is 11.9 Å². The minimum Gasteiger partial charge on any atom is -0.497 e. The molecule has 5 rings (SSSR count). The lowest BCUT2D eigenvalue weighted by Crippen LogP contribution is -2.55. The lowest BCUT2D eigenvalue weighted by molar-refractivity contribution is -0.947. The molecule has 0 radical (unpaired) electrons. The fourth-order valence-electron chi connectivity index (χ4n) is 7.99. The number of rotatable bonds is 19. The third-order valence-corrected chi connectivity index (χ3v) is 11.2. The average Bonchev–Trinajstić information content (AvgIpc) is 3.21. The van der Waals surface area contributed by atoms with Gasteiger partial charge in [-0.3, -0.25) is 0 Å². The molecule has 0 amide bonds. The first-order valence-electron chi connectivity index (χ1n) is 19.1. The van der Waals surface area contributed by atoms with Gasteiger partial charge in [-0.2, -0.15) is 0 Å². The van der Waals surface area contributed by atoms with E-state index in [4.69, 9.17) is 28.4 Å². The van der Waals surface area contributed by atoms with E-state index in [0.717, 1.165) is 90.3 Å². The monoisotopic (exact) mass is 762 g/mol. The highest BCUT2D eigenvalue weighted by molar-refractivity contribution is 5.91. The second-order valence-corrected chi connectivity index (χ2v) is 14.7. The summed E-state index contributed by atoms with van der Waals surface area (Å²) in [5, 5.41) is 20.1. The molecule has 0 saturated carbocycles. The number of carbonyl (C=O) groups is 2. The van der Waals surface area contributed by atoms with Crippen LogP contribution in [0, 0.1) is 0 Å². The molecule has 2 atom stereocenters. The van der Waals surface area contributed by atoms with Crippen molar-refractivity contribution in [3.8, 4) is 17.2 Å². The maximum Gasteiger partial charge on any atom is 0.331 e. The van der Waals surface area contributed by atoms with Gasteiger partial charge in [0.25, 0.3) is 0 Å². The van der Waals surface area contributed by atoms with Gasteiger partial charge in [0.1, 0.15) is 31.4 Å². The highest BCUT2D eigenvalue weighted by Crippen LogP contribution is 2.40. The maximum absolute atomic E-state index is 12.6. The molecule has 0 aliphatic carbocycles. The topological polar surface area (TPSA) is 130 Å². The quantitative estimate of drug-likeness (QED) is 0.0783. The largest absolute Gasteiger partial charge is 0.497 e. The number of quaternary nitrogens is 2. The molecule has 0 unspecified atom stereocenters. The zero-order valence-electron chi connectivity index (χ0n) is 32.8. The van der Waals surface area contributed by atoms with E-state index in [0.29, 0.717) is 48.5 Å². The molecular formula is C43H58N2O10+2. The second-order valence-electron chi connectivity index (χ2n) is 14.7. The number of fused-ring (bicyclic) bond motifs is 1. The molecule has 55 heavy (non-hydrogen) atoms. The third-order valence-electron chi connectivity index (χ3n) is 11.2. The molecular weight excluding hydrogens is 704 g/mol. The predicted octanol–water partition coefficient (Wildman–Crippen LogP) is 4.45. The van der Waals surface area contributed by atoms with Crippen molar-refractivity contribution in [3.63, 3.8) is 0 Å². The molecule has 2 aliphatic rings. The van der Waals surface area contributed by atoms with Crippen LogP contribution in [0.1, 0.15) is 52.3 Å². The molecule has 2 N–H and O–H groups in total. The summed E-state index contributed by atoms with van der Waals surface area (Å²) >= 11 is 0. The zero-order chi connectivity index (χ0) is 39.3. The van der Waals surface area contributed by atoms with E-state index in [1.807, 2.05) is 42.5 Å². The summed E-state index contributed by atoms with van der Waals surface area (Å²) in [6, 6.07) is 18.2. The number of esters is 2. The van der Waals surface area contributed by atoms with Crippen LogP contribution in [0.15, 0.2) is 66.7 Å². The van der Waals surface area contributed by atoms with Crippen molar-refractivity contribution in [2.45, 2.75) is 51.5 Å². The molecule has 0 bridgehead atoms. The highest BCUT2D eigenvalue weighted by atomic mass is 16.5. The fourth-order valence-corrected chi connectivity index (χ4v) is 7.99. The van der Waals surface area contributed by atoms with Crippen molar-refractivity contribution in [1.29, 1.82) is 0 Å². The van der Waals surface area contributed by atoms with Crippen LogP contribution in [-0.4, -0.2) is 119 Å². The lowest BCUT2D eigenvalue weighted by Gasteiger charge is -2.46. The summed E-state index contributed by atoms with van der Waals surface area (Å²) in [6.45, 7) is 6.65. The van der Waals surface area contributed by atoms with Gasteiger partial charge in [0.15, 0.2) is 11.5 Å². The minimum atomic E-state index is -0.591. The number of methoxy groups -OCH3 is 3. The number of hydrogen-bond acceptors (Lipinski definition) is 10. The Labute approximate surface area is 325 Å². The van der Waals surface area contributed by atoms with Gasteiger partial charge < -0.3 is 47.6 Å². The first-order chi connectivity index (χ1) is 26.6. The van der Waals surface area contributed by atoms with Gasteiger partial charge in [0.2, 0.25) is 0 Å². The molecule has 12 nitrogen and oxygen atoms in total. The van der Waals surface area contributed by atoms with Crippen LogP contribution in [0.5, 0.6) is 17.2 Å². The number of carbonyl (C=O) groups excluding carboxylic acids is 2. The number of benzene rings is 3. The van der Waals surface area contributed by atoms with E-state index in [1.165, 1.54) is 11.1 Å². The van der Waals surface area contributed by atoms with Gasteiger partial charge in [-0.05, 0) is 64.7 Å². The van der Waals surface area contributed by atoms with Crippen molar-refractivity contribution in [2.24, 2.45) is 0 Å². The molecule has 2 heterocycles. The van der Waals surface area contributed by atoms with Crippen molar-refractivity contribution in [3.05, 3.63) is 100 Å². The molecule has 0 aromatic heterocycles. The Bertz CT molecular complexity index is 1750. The summed E-state index contributed by atoms with van der Waals surface area (Å²) in [6.07, 6.45) is 5.08. The first-order valence-corrected chi connectivity index (χ1v) is 19.1. The van der Waals surface area contributed by atoms with E-state index in [-0.39, 0.29) is 32.5 Å². The van der Waals surface area contributed by atoms with Crippen LogP contribution < -0.4 is 14.2 Å². The van der Waals surface area contributed by atoms with Gasteiger partial charge in [-0.25, -0.2) is 9.59 Å². The molecule has 12 heteroatoms. The predicted molar refractivity (Wildman–Crippen MR) is 207 cm³/mol. The van der Waals surface area contributed by atoms with Crippen LogP contribution in [0.3, 0.4) is 0 Å². The van der Waals surface area contributed by atoms with Crippen LogP contribution in [0.25, 0.3) is 0 Å². The number of aliphatic hydroxyl groups excluding tert-OH is 2. The molecule has 1 saturated heterocycles. The molecule has 2 aliphatic heterocycles. The summed E-state index contributed by atoms with van der Waals surface area (Å²) in [5.74, 6) is 0.979. The van der Waals surface area contributed by atoms with E-state index in [9.17, 15) is 19.8 Å². The van der Waals surface area contributed by atoms with Crippen molar-refractivity contribution < 1.29 is 57.2 Å². The Morgan fingerprint density at radius 1 is 0.764 bits per heavy atom. The van der Waals surface area contributed by atoms with Gasteiger partial charge in [0.05, 0.1) is 87.7 Å². The van der Waals surface area contributed by atoms with Gasteiger partial charge in [-0.1, -0.05) is 12.1 Å². The summed E-state index contributed by atoms with van der Waals surface area (Å²) in [4.78, 5) is 25.0. The van der Waals surface area contributed by atoms with Gasteiger partial charge >= 0.3 is 11.9 Å². The summed E-state index contributed by atoms with van der Waals surface area (Å²) in [7, 11) is 7.11. The normalized spacial score (nSPS) is 19.1. The Morgan fingerprint density at radius 3 is 2.00 bits per heavy atom. The third kappa shape index (κ3) is 11.1. The molecule has 3 aromatic carbocycles. The van der Waals surface area contributed by atoms with E-state index in [2.05, 4.69) is 19.2 Å². The van der Waals surface area contributed by atoms with Crippen LogP contribution in [0.2, 0.25) is 0 Å². The number of likely N-dealkylation sites (N-methyl/N-ethyl adjacent to an activating group) is 1. The van der Waals surface area contributed by atoms with E-state index in [1.54, 1.807) is 21.3 Å². The zero-order valence-corrected chi connectivity index (χ0v) is 32.8. The summed E-state index contributed by atoms with van der Waals surface area (Å²) < 4.78 is 34.5. The van der Waals surface area contributed by atoms with Crippen LogP contribution in [-0.2, 0) is 56.4 Å². The Balaban J connectivity index is 1.12. The average molecular weight is 763 g/mol.